The van der Waals surface area contributed by atoms with Gasteiger partial charge in [-0.3, -0.25) is 4.99 Å². The fraction of sp³-hybridized carbons (Fsp3) is 0.188. The monoisotopic (exact) mass is 316 g/mol. The first-order chi connectivity index (χ1) is 9.15. The first-order valence-corrected chi connectivity index (χ1v) is 7.02. The third-order valence-electron chi connectivity index (χ3n) is 2.78. The van der Waals surface area contributed by atoms with E-state index in [2.05, 4.69) is 63.5 Å². The molecule has 0 aliphatic carbocycles. The zero-order valence-corrected chi connectivity index (χ0v) is 12.7. The van der Waals surface area contributed by atoms with E-state index in [1.165, 1.54) is 11.1 Å². The van der Waals surface area contributed by atoms with E-state index < -0.39 is 0 Å². The zero-order chi connectivity index (χ0) is 13.7. The fourth-order valence-corrected chi connectivity index (χ4v) is 2.34. The molecule has 0 aliphatic rings. The molecule has 2 aromatic rings. The maximum atomic E-state index is 4.54. The van der Waals surface area contributed by atoms with Gasteiger partial charge in [0.1, 0.15) is 0 Å². The molecule has 0 heterocycles. The summed E-state index contributed by atoms with van der Waals surface area (Å²) in [6.45, 7) is 4.75. The van der Waals surface area contributed by atoms with Crippen molar-refractivity contribution in [2.75, 3.05) is 5.32 Å². The maximum Gasteiger partial charge on any atom is 0.0979 e. The molecule has 98 valence electrons. The number of aliphatic imine (C=N–C) groups is 1. The lowest BCUT2D eigenvalue weighted by Crippen LogP contribution is -2.08. The molecule has 0 fully saturated rings. The highest BCUT2D eigenvalue weighted by molar-refractivity contribution is 9.10. The first kappa shape index (κ1) is 13.8. The van der Waals surface area contributed by atoms with E-state index in [0.29, 0.717) is 6.54 Å². The number of anilines is 1. The number of hydrogen-bond acceptors (Lipinski definition) is 1. The summed E-state index contributed by atoms with van der Waals surface area (Å²) in [5.74, 6) is 0.911. The number of nitrogens with one attached hydrogen (secondary N) is 1. The molecule has 0 spiro atoms. The van der Waals surface area contributed by atoms with Crippen LogP contribution in [0, 0.1) is 6.92 Å². The van der Waals surface area contributed by atoms with E-state index in [9.17, 15) is 0 Å². The van der Waals surface area contributed by atoms with E-state index in [0.717, 1.165) is 16.0 Å². The third-order valence-corrected chi connectivity index (χ3v) is 3.44. The van der Waals surface area contributed by atoms with E-state index in [4.69, 9.17) is 0 Å². The number of halogens is 1. The van der Waals surface area contributed by atoms with Crippen LogP contribution in [0.3, 0.4) is 0 Å². The molecular formula is C16H17BrN2. The van der Waals surface area contributed by atoms with Gasteiger partial charge in [-0.2, -0.15) is 0 Å². The van der Waals surface area contributed by atoms with Crippen LogP contribution < -0.4 is 5.32 Å². The predicted molar refractivity (Wildman–Crippen MR) is 85.8 cm³/mol. The molecular weight excluding hydrogens is 300 g/mol. The van der Waals surface area contributed by atoms with Crippen molar-refractivity contribution >= 4 is 27.5 Å². The molecule has 3 heteroatoms. The Kier molecular flexibility index (Phi) is 4.74. The van der Waals surface area contributed by atoms with Gasteiger partial charge in [-0.25, -0.2) is 0 Å². The lowest BCUT2D eigenvalue weighted by atomic mass is 10.2. The van der Waals surface area contributed by atoms with Crippen LogP contribution in [0.5, 0.6) is 0 Å². The first-order valence-electron chi connectivity index (χ1n) is 6.23. The van der Waals surface area contributed by atoms with Crippen LogP contribution in [-0.2, 0) is 6.54 Å². The minimum Gasteiger partial charge on any atom is -0.343 e. The second-order valence-electron chi connectivity index (χ2n) is 4.50. The topological polar surface area (TPSA) is 24.4 Å². The molecule has 0 saturated carbocycles. The molecule has 0 saturated heterocycles. The molecule has 19 heavy (non-hydrogen) atoms. The van der Waals surface area contributed by atoms with Crippen molar-refractivity contribution in [3.05, 3.63) is 64.1 Å². The fourth-order valence-electron chi connectivity index (χ4n) is 1.75. The smallest absolute Gasteiger partial charge is 0.0979 e. The Hall–Kier alpha value is -1.61. The quantitative estimate of drug-likeness (QED) is 0.639. The molecule has 0 amide bonds. The van der Waals surface area contributed by atoms with Gasteiger partial charge in [-0.15, -0.1) is 0 Å². The molecule has 2 rings (SSSR count). The predicted octanol–water partition coefficient (Wildman–Crippen LogP) is 4.79. The highest BCUT2D eigenvalue weighted by atomic mass is 79.9. The summed E-state index contributed by atoms with van der Waals surface area (Å²) >= 11 is 3.55. The van der Waals surface area contributed by atoms with Crippen LogP contribution in [0.25, 0.3) is 0 Å². The van der Waals surface area contributed by atoms with Gasteiger partial charge in [-0.05, 0) is 53.0 Å². The summed E-state index contributed by atoms with van der Waals surface area (Å²) in [5.41, 5.74) is 3.49. The molecule has 2 nitrogen and oxygen atoms in total. The van der Waals surface area contributed by atoms with E-state index in [1.807, 2.05) is 25.1 Å². The summed E-state index contributed by atoms with van der Waals surface area (Å²) in [6.07, 6.45) is 0. The number of hydrogen-bond donors (Lipinski definition) is 1. The highest BCUT2D eigenvalue weighted by Gasteiger charge is 2.00. The Bertz CT molecular complexity index is 577. The summed E-state index contributed by atoms with van der Waals surface area (Å²) in [5, 5.41) is 3.31. The molecule has 1 N–H and O–H groups in total. The molecule has 2 aromatic carbocycles. The number of amidine groups is 1. The van der Waals surface area contributed by atoms with Crippen LogP contribution in [0.1, 0.15) is 18.1 Å². The average Bonchev–Trinajstić information content (AvgIpc) is 2.41. The summed E-state index contributed by atoms with van der Waals surface area (Å²) < 4.78 is 1.06. The van der Waals surface area contributed by atoms with Crippen LogP contribution in [-0.4, -0.2) is 5.84 Å². The van der Waals surface area contributed by atoms with Gasteiger partial charge in [0.25, 0.3) is 0 Å². The van der Waals surface area contributed by atoms with Crippen molar-refractivity contribution in [1.29, 1.82) is 0 Å². The summed E-state index contributed by atoms with van der Waals surface area (Å²) in [6, 6.07) is 16.5. The van der Waals surface area contributed by atoms with E-state index in [1.54, 1.807) is 0 Å². The van der Waals surface area contributed by atoms with Crippen molar-refractivity contribution in [2.24, 2.45) is 4.99 Å². The minimum atomic E-state index is 0.698. The Morgan fingerprint density at radius 2 is 1.89 bits per heavy atom. The van der Waals surface area contributed by atoms with Crippen LogP contribution in [0.4, 0.5) is 5.69 Å². The van der Waals surface area contributed by atoms with Crippen LogP contribution in [0.2, 0.25) is 0 Å². The van der Waals surface area contributed by atoms with Gasteiger partial charge in [0.2, 0.25) is 0 Å². The van der Waals surface area contributed by atoms with Crippen molar-refractivity contribution in [3.8, 4) is 0 Å². The molecule has 0 atom stereocenters. The van der Waals surface area contributed by atoms with E-state index in [-0.39, 0.29) is 0 Å². The van der Waals surface area contributed by atoms with Crippen molar-refractivity contribution < 1.29 is 0 Å². The Morgan fingerprint density at radius 1 is 1.16 bits per heavy atom. The Labute approximate surface area is 122 Å². The van der Waals surface area contributed by atoms with Gasteiger partial charge >= 0.3 is 0 Å². The summed E-state index contributed by atoms with van der Waals surface area (Å²) in [7, 11) is 0. The lowest BCUT2D eigenvalue weighted by molar-refractivity contribution is 1.06. The average molecular weight is 317 g/mol. The van der Waals surface area contributed by atoms with Gasteiger partial charge < -0.3 is 5.32 Å². The standard InChI is InChI=1S/C16H17BrN2/c1-12-8-9-16(15(17)10-12)19-13(2)18-11-14-6-4-3-5-7-14/h3-10H,11H2,1-2H3,(H,18,19). The molecule has 0 aliphatic heterocycles. The second kappa shape index (κ2) is 6.53. The normalized spacial score (nSPS) is 11.4. The largest absolute Gasteiger partial charge is 0.343 e. The van der Waals surface area contributed by atoms with Crippen molar-refractivity contribution in [1.82, 2.24) is 0 Å². The van der Waals surface area contributed by atoms with Gasteiger partial charge in [0, 0.05) is 4.47 Å². The van der Waals surface area contributed by atoms with Crippen molar-refractivity contribution in [2.45, 2.75) is 20.4 Å². The van der Waals surface area contributed by atoms with Crippen molar-refractivity contribution in [3.63, 3.8) is 0 Å². The van der Waals surface area contributed by atoms with Crippen LogP contribution in [0.15, 0.2) is 58.0 Å². The second-order valence-corrected chi connectivity index (χ2v) is 5.35. The highest BCUT2D eigenvalue weighted by Crippen LogP contribution is 2.23. The van der Waals surface area contributed by atoms with Gasteiger partial charge in [0.05, 0.1) is 18.1 Å². The summed E-state index contributed by atoms with van der Waals surface area (Å²) in [4.78, 5) is 4.54. The molecule has 0 bridgehead atoms. The SMILES string of the molecule is CC(=NCc1ccccc1)Nc1ccc(C)cc1Br. The van der Waals surface area contributed by atoms with Crippen LogP contribution >= 0.6 is 15.9 Å². The maximum absolute atomic E-state index is 4.54. The number of rotatable bonds is 3. The van der Waals surface area contributed by atoms with Gasteiger partial charge in [-0.1, -0.05) is 36.4 Å². The lowest BCUT2D eigenvalue weighted by Gasteiger charge is -2.09. The number of nitrogens with zero attached hydrogens (tertiary/aromatic N) is 1. The van der Waals surface area contributed by atoms with Gasteiger partial charge in [0.15, 0.2) is 0 Å². The number of aryl methyl sites for hydroxylation is 1. The zero-order valence-electron chi connectivity index (χ0n) is 11.2. The third kappa shape index (κ3) is 4.21. The molecule has 0 aromatic heterocycles. The Balaban J connectivity index is 2.02. The Morgan fingerprint density at radius 3 is 2.58 bits per heavy atom. The van der Waals surface area contributed by atoms with E-state index >= 15 is 0 Å². The number of benzene rings is 2. The minimum absolute atomic E-state index is 0.698. The molecule has 0 radical (unpaired) electrons. The molecule has 0 unspecified atom stereocenters.